The van der Waals surface area contributed by atoms with Gasteiger partial charge in [0.05, 0.1) is 0 Å². The molecule has 1 aliphatic rings. The van der Waals surface area contributed by atoms with Gasteiger partial charge >= 0.3 is 5.38 Å². The summed E-state index contributed by atoms with van der Waals surface area (Å²) in [5.41, 5.74) is 5.50. The maximum atomic E-state index is 13.0. The van der Waals surface area contributed by atoms with E-state index in [-0.39, 0.29) is 6.42 Å². The fourth-order valence-corrected chi connectivity index (χ4v) is 2.40. The van der Waals surface area contributed by atoms with Gasteiger partial charge in [0.1, 0.15) is 6.04 Å². The number of hydrogen-bond acceptors (Lipinski definition) is 2. The minimum absolute atomic E-state index is 0.125. The SMILES string of the molecule is NNC(Cc1ccc2c(c1)CCC2)C(F)(F)Cl. The van der Waals surface area contributed by atoms with Crippen molar-refractivity contribution in [2.24, 2.45) is 5.84 Å². The molecule has 3 N–H and O–H groups in total. The molecule has 2 rings (SSSR count). The fourth-order valence-electron chi connectivity index (χ4n) is 2.26. The summed E-state index contributed by atoms with van der Waals surface area (Å²) in [5.74, 6) is 5.11. The first kappa shape index (κ1) is 12.7. The summed E-state index contributed by atoms with van der Waals surface area (Å²) in [6.45, 7) is 0. The molecule has 1 atom stereocenters. The maximum absolute atomic E-state index is 13.0. The second kappa shape index (κ2) is 4.88. The first-order valence-electron chi connectivity index (χ1n) is 5.64. The molecule has 1 unspecified atom stereocenters. The second-order valence-corrected chi connectivity index (χ2v) is 4.93. The van der Waals surface area contributed by atoms with Crippen LogP contribution >= 0.6 is 11.6 Å². The van der Waals surface area contributed by atoms with Crippen LogP contribution in [0.4, 0.5) is 8.78 Å². The second-order valence-electron chi connectivity index (χ2n) is 4.42. The van der Waals surface area contributed by atoms with Crippen LogP contribution in [0.5, 0.6) is 0 Å². The number of benzene rings is 1. The molecule has 0 aliphatic heterocycles. The van der Waals surface area contributed by atoms with Crippen LogP contribution in [0.1, 0.15) is 23.1 Å². The van der Waals surface area contributed by atoms with Gasteiger partial charge in [0, 0.05) is 0 Å². The van der Waals surface area contributed by atoms with E-state index in [0.717, 1.165) is 24.8 Å². The molecule has 1 aromatic carbocycles. The quantitative estimate of drug-likeness (QED) is 0.496. The van der Waals surface area contributed by atoms with Crippen molar-refractivity contribution in [2.45, 2.75) is 37.1 Å². The molecule has 2 nitrogen and oxygen atoms in total. The van der Waals surface area contributed by atoms with E-state index in [9.17, 15) is 8.78 Å². The Balaban J connectivity index is 2.13. The monoisotopic (exact) mass is 260 g/mol. The highest BCUT2D eigenvalue weighted by Crippen LogP contribution is 2.28. The Morgan fingerprint density at radius 2 is 2.06 bits per heavy atom. The predicted octanol–water partition coefficient (Wildman–Crippen LogP) is 2.38. The summed E-state index contributed by atoms with van der Waals surface area (Å²) in [6.07, 6.45) is 3.38. The van der Waals surface area contributed by atoms with Crippen LogP contribution in [0.2, 0.25) is 0 Å². The normalized spacial score (nSPS) is 16.9. The summed E-state index contributed by atoms with van der Waals surface area (Å²) in [6, 6.07) is 4.62. The van der Waals surface area contributed by atoms with Crippen LogP contribution in [0.15, 0.2) is 18.2 Å². The molecule has 0 bridgehead atoms. The van der Waals surface area contributed by atoms with E-state index in [0.29, 0.717) is 0 Å². The Hall–Kier alpha value is -0.710. The zero-order chi connectivity index (χ0) is 12.5. The molecule has 0 spiro atoms. The third-order valence-corrected chi connectivity index (χ3v) is 3.46. The van der Waals surface area contributed by atoms with Gasteiger partial charge in [0.2, 0.25) is 0 Å². The predicted molar refractivity (Wildman–Crippen MR) is 64.1 cm³/mol. The van der Waals surface area contributed by atoms with E-state index < -0.39 is 11.4 Å². The molecule has 17 heavy (non-hydrogen) atoms. The minimum Gasteiger partial charge on any atom is -0.271 e. The van der Waals surface area contributed by atoms with Crippen molar-refractivity contribution in [1.29, 1.82) is 0 Å². The molecule has 94 valence electrons. The highest BCUT2D eigenvalue weighted by atomic mass is 35.5. The van der Waals surface area contributed by atoms with Crippen molar-refractivity contribution in [3.63, 3.8) is 0 Å². The van der Waals surface area contributed by atoms with Gasteiger partial charge in [-0.05, 0) is 54.0 Å². The number of nitrogens with one attached hydrogen (secondary N) is 1. The molecule has 0 fully saturated rings. The standard InChI is InChI=1S/C12H15ClF2N2/c13-12(14,15)11(17-16)7-8-4-5-9-2-1-3-10(9)6-8/h4-6,11,17H,1-3,7,16H2. The van der Waals surface area contributed by atoms with Gasteiger partial charge in [-0.3, -0.25) is 5.84 Å². The average molecular weight is 261 g/mol. The van der Waals surface area contributed by atoms with Gasteiger partial charge in [-0.25, -0.2) is 5.43 Å². The van der Waals surface area contributed by atoms with Crippen LogP contribution in [-0.2, 0) is 19.3 Å². The largest absolute Gasteiger partial charge is 0.338 e. The zero-order valence-corrected chi connectivity index (χ0v) is 10.1. The Morgan fingerprint density at radius 3 is 2.71 bits per heavy atom. The van der Waals surface area contributed by atoms with Gasteiger partial charge in [-0.15, -0.1) is 0 Å². The summed E-state index contributed by atoms with van der Waals surface area (Å²) in [5, 5.41) is -3.34. The summed E-state index contributed by atoms with van der Waals surface area (Å²) >= 11 is 4.99. The number of nitrogens with two attached hydrogens (primary N) is 1. The molecule has 0 heterocycles. The smallest absolute Gasteiger partial charge is 0.271 e. The Kier molecular flexibility index (Phi) is 3.66. The van der Waals surface area contributed by atoms with Crippen LogP contribution in [0.25, 0.3) is 0 Å². The first-order valence-corrected chi connectivity index (χ1v) is 6.02. The molecule has 0 saturated carbocycles. The summed E-state index contributed by atoms with van der Waals surface area (Å²) in [7, 11) is 0. The first-order chi connectivity index (χ1) is 8.00. The zero-order valence-electron chi connectivity index (χ0n) is 9.35. The molecule has 0 saturated heterocycles. The van der Waals surface area contributed by atoms with Crippen LogP contribution < -0.4 is 11.3 Å². The lowest BCUT2D eigenvalue weighted by molar-refractivity contribution is 0.0502. The van der Waals surface area contributed by atoms with Crippen molar-refractivity contribution in [3.05, 3.63) is 34.9 Å². The molecule has 0 amide bonds. The van der Waals surface area contributed by atoms with Gasteiger partial charge < -0.3 is 0 Å². The lowest BCUT2D eigenvalue weighted by Crippen LogP contribution is -2.46. The molecule has 5 heteroatoms. The molecular weight excluding hydrogens is 246 g/mol. The van der Waals surface area contributed by atoms with Gasteiger partial charge in [-0.2, -0.15) is 8.78 Å². The third-order valence-electron chi connectivity index (χ3n) is 3.20. The highest BCUT2D eigenvalue weighted by Gasteiger charge is 2.36. The Bertz CT molecular complexity index is 404. The number of fused-ring (bicyclic) bond motifs is 1. The van der Waals surface area contributed by atoms with E-state index >= 15 is 0 Å². The van der Waals surface area contributed by atoms with Gasteiger partial charge in [0.15, 0.2) is 0 Å². The summed E-state index contributed by atoms with van der Waals surface area (Å²) in [4.78, 5) is 0. The van der Waals surface area contributed by atoms with E-state index in [2.05, 4.69) is 5.43 Å². The third kappa shape index (κ3) is 2.94. The van der Waals surface area contributed by atoms with Crippen LogP contribution in [0, 0.1) is 0 Å². The molecule has 1 aromatic rings. The lowest BCUT2D eigenvalue weighted by atomic mass is 10.0. The van der Waals surface area contributed by atoms with Gasteiger partial charge in [0.25, 0.3) is 0 Å². The highest BCUT2D eigenvalue weighted by molar-refractivity contribution is 6.22. The number of hydrazine groups is 1. The lowest BCUT2D eigenvalue weighted by Gasteiger charge is -2.20. The van der Waals surface area contributed by atoms with E-state index in [4.69, 9.17) is 17.4 Å². The van der Waals surface area contributed by atoms with Crippen molar-refractivity contribution >= 4 is 11.6 Å². The maximum Gasteiger partial charge on any atom is 0.338 e. The van der Waals surface area contributed by atoms with Crippen molar-refractivity contribution in [2.75, 3.05) is 0 Å². The number of hydrogen-bond donors (Lipinski definition) is 2. The van der Waals surface area contributed by atoms with Crippen LogP contribution in [-0.4, -0.2) is 11.4 Å². The number of alkyl halides is 3. The summed E-state index contributed by atoms with van der Waals surface area (Å²) < 4.78 is 25.9. The number of rotatable bonds is 4. The van der Waals surface area contributed by atoms with Gasteiger partial charge in [-0.1, -0.05) is 18.2 Å². The van der Waals surface area contributed by atoms with Crippen molar-refractivity contribution in [3.8, 4) is 0 Å². The number of halogens is 3. The van der Waals surface area contributed by atoms with E-state index in [1.807, 2.05) is 18.2 Å². The van der Waals surface area contributed by atoms with Crippen molar-refractivity contribution in [1.82, 2.24) is 5.43 Å². The molecule has 0 radical (unpaired) electrons. The number of aryl methyl sites for hydroxylation is 2. The average Bonchev–Trinajstić information content (AvgIpc) is 2.71. The van der Waals surface area contributed by atoms with Crippen molar-refractivity contribution < 1.29 is 8.78 Å². The Morgan fingerprint density at radius 1 is 1.35 bits per heavy atom. The van der Waals surface area contributed by atoms with E-state index in [1.54, 1.807) is 0 Å². The topological polar surface area (TPSA) is 38.0 Å². The Labute approximate surface area is 104 Å². The molecule has 1 aliphatic carbocycles. The van der Waals surface area contributed by atoms with Crippen LogP contribution in [0.3, 0.4) is 0 Å². The fraction of sp³-hybridized carbons (Fsp3) is 0.500. The molecular formula is C12H15ClF2N2. The molecule has 0 aromatic heterocycles. The van der Waals surface area contributed by atoms with E-state index in [1.165, 1.54) is 11.1 Å². The minimum atomic E-state index is -3.34.